The number of benzene rings is 2. The van der Waals surface area contributed by atoms with Crippen LogP contribution < -0.4 is 0 Å². The van der Waals surface area contributed by atoms with E-state index < -0.39 is 0 Å². The number of fused-ring (bicyclic) bond motifs is 6. The monoisotopic (exact) mass is 647 g/mol. The van der Waals surface area contributed by atoms with E-state index in [1.54, 1.807) is 0 Å². The van der Waals surface area contributed by atoms with Crippen LogP contribution >= 0.6 is 0 Å². The van der Waals surface area contributed by atoms with Gasteiger partial charge in [0.2, 0.25) is 0 Å². The third kappa shape index (κ3) is 7.37. The van der Waals surface area contributed by atoms with Gasteiger partial charge in [-0.05, 0) is 24.3 Å². The van der Waals surface area contributed by atoms with Gasteiger partial charge in [-0.25, -0.2) is 19.9 Å². The summed E-state index contributed by atoms with van der Waals surface area (Å²) in [6.07, 6.45) is 0. The molecule has 0 saturated heterocycles. The summed E-state index contributed by atoms with van der Waals surface area (Å²) in [5.41, 5.74) is 8.63. The average Bonchev–Trinajstić information content (AvgIpc) is 2.94. The number of aromatic nitrogens is 4. The minimum atomic E-state index is 0. The molecule has 0 aliphatic carbocycles. The first kappa shape index (κ1) is 34.5. The Balaban J connectivity index is 0.000000200. The van der Waals surface area contributed by atoms with Crippen molar-refractivity contribution in [2.75, 3.05) is 0 Å². The topological polar surface area (TPSA) is 51.6 Å². The Kier molecular flexibility index (Phi) is 9.25. The molecule has 0 amide bonds. The molecule has 1 radical (unpaired) electrons. The van der Waals surface area contributed by atoms with Crippen molar-refractivity contribution in [3.05, 3.63) is 95.6 Å². The van der Waals surface area contributed by atoms with Crippen LogP contribution in [0.25, 0.3) is 43.6 Å². The molecule has 0 N–H and O–H groups in total. The zero-order chi connectivity index (χ0) is 32.2. The van der Waals surface area contributed by atoms with Crippen LogP contribution in [0.5, 0.6) is 0 Å². The number of rotatable bonds is 0. The van der Waals surface area contributed by atoms with Crippen molar-refractivity contribution >= 4 is 43.6 Å². The summed E-state index contributed by atoms with van der Waals surface area (Å²) in [6, 6.07) is 25.7. The van der Waals surface area contributed by atoms with Crippen molar-refractivity contribution in [3.8, 4) is 0 Å². The molecule has 5 heteroatoms. The predicted octanol–water partition coefficient (Wildman–Crippen LogP) is 10.8. The van der Waals surface area contributed by atoms with Gasteiger partial charge in [0.1, 0.15) is 0 Å². The maximum absolute atomic E-state index is 4.94. The van der Waals surface area contributed by atoms with Crippen molar-refractivity contribution in [3.63, 3.8) is 0 Å². The fraction of sp³-hybridized carbons (Fsp3) is 0.400. The van der Waals surface area contributed by atoms with Crippen molar-refractivity contribution in [1.82, 2.24) is 19.9 Å². The van der Waals surface area contributed by atoms with Gasteiger partial charge in [-0.1, -0.05) is 132 Å². The first-order chi connectivity index (χ1) is 20.3. The Labute approximate surface area is 280 Å². The molecule has 0 aliphatic heterocycles. The van der Waals surface area contributed by atoms with Crippen molar-refractivity contribution in [2.24, 2.45) is 0 Å². The smallest absolute Gasteiger partial charge is 0.0968 e. The molecular formula is C40H48CuN4. The summed E-state index contributed by atoms with van der Waals surface area (Å²) in [6.45, 7) is 26.3. The molecule has 0 unspecified atom stereocenters. The number of hydrogen-bond donors (Lipinski definition) is 0. The van der Waals surface area contributed by atoms with Crippen LogP contribution in [-0.4, -0.2) is 19.9 Å². The molecule has 6 aromatic rings. The van der Waals surface area contributed by atoms with E-state index in [0.29, 0.717) is 0 Å². The summed E-state index contributed by atoms with van der Waals surface area (Å²) in [5.74, 6) is 0. The van der Waals surface area contributed by atoms with E-state index in [1.807, 2.05) is 0 Å². The molecule has 4 heterocycles. The standard InChI is InChI=1S/2C20H24N2.Cu/c2*1-19(2,3)15-11-9-13-7-8-14-10-12-16(20(4,5)6)22-18(14)17(13)21-15;/h2*7-12H,1-6H3;. The quantitative estimate of drug-likeness (QED) is 0.122. The number of pyridine rings is 4. The Bertz CT molecular complexity index is 1710. The molecule has 0 saturated carbocycles. The summed E-state index contributed by atoms with van der Waals surface area (Å²) >= 11 is 0. The van der Waals surface area contributed by atoms with Gasteiger partial charge in [0.25, 0.3) is 0 Å². The normalized spacial score (nSPS) is 12.7. The zero-order valence-corrected chi connectivity index (χ0v) is 30.0. The van der Waals surface area contributed by atoms with E-state index in [4.69, 9.17) is 19.9 Å². The molecule has 0 bridgehead atoms. The van der Waals surface area contributed by atoms with Crippen LogP contribution in [0.4, 0.5) is 0 Å². The van der Waals surface area contributed by atoms with Gasteiger partial charge < -0.3 is 0 Å². The van der Waals surface area contributed by atoms with Crippen LogP contribution in [-0.2, 0) is 38.7 Å². The second-order valence-corrected chi connectivity index (χ2v) is 16.2. The van der Waals surface area contributed by atoms with Crippen molar-refractivity contribution < 1.29 is 17.1 Å². The molecule has 45 heavy (non-hydrogen) atoms. The first-order valence-corrected chi connectivity index (χ1v) is 15.8. The second-order valence-electron chi connectivity index (χ2n) is 16.2. The molecule has 0 atom stereocenters. The molecular weight excluding hydrogens is 600 g/mol. The molecule has 0 aliphatic rings. The van der Waals surface area contributed by atoms with Crippen molar-refractivity contribution in [1.29, 1.82) is 0 Å². The van der Waals surface area contributed by atoms with Gasteiger partial charge >= 0.3 is 0 Å². The van der Waals surface area contributed by atoms with Crippen LogP contribution in [0.3, 0.4) is 0 Å². The molecule has 0 spiro atoms. The number of hydrogen-bond acceptors (Lipinski definition) is 4. The molecule has 2 aromatic carbocycles. The molecule has 4 nitrogen and oxygen atoms in total. The molecule has 4 aromatic heterocycles. The van der Waals surface area contributed by atoms with Crippen LogP contribution in [0.15, 0.2) is 72.8 Å². The van der Waals surface area contributed by atoms with E-state index in [-0.39, 0.29) is 38.7 Å². The summed E-state index contributed by atoms with van der Waals surface area (Å²) in [4.78, 5) is 19.7. The Morgan fingerprint density at radius 2 is 0.444 bits per heavy atom. The molecule has 239 valence electrons. The fourth-order valence-corrected chi connectivity index (χ4v) is 5.21. The Hall–Kier alpha value is -3.40. The van der Waals surface area contributed by atoms with Gasteiger partial charge in [-0.3, -0.25) is 0 Å². The number of nitrogens with zero attached hydrogens (tertiary/aromatic N) is 4. The van der Waals surface area contributed by atoms with Crippen LogP contribution in [0.1, 0.15) is 106 Å². The predicted molar refractivity (Wildman–Crippen MR) is 189 cm³/mol. The maximum atomic E-state index is 4.94. The maximum Gasteiger partial charge on any atom is 0.0968 e. The molecule has 6 rings (SSSR count). The SMILES string of the molecule is CC(C)(C)c1ccc2ccc3ccc(C(C)(C)C)nc3c2n1.CC(C)(C)c1ccc2ccc3ccc(C(C)(C)C)nc3c2n1.[Cu]. The third-order valence-corrected chi connectivity index (χ3v) is 8.11. The molecule has 0 fully saturated rings. The first-order valence-electron chi connectivity index (χ1n) is 15.8. The summed E-state index contributed by atoms with van der Waals surface area (Å²) < 4.78 is 0. The van der Waals surface area contributed by atoms with Gasteiger partial charge in [-0.2, -0.15) is 0 Å². The average molecular weight is 648 g/mol. The summed E-state index contributed by atoms with van der Waals surface area (Å²) in [5, 5.41) is 4.61. The largest absolute Gasteiger partial charge is 0.250 e. The van der Waals surface area contributed by atoms with E-state index in [2.05, 4.69) is 156 Å². The zero-order valence-electron chi connectivity index (χ0n) is 29.0. The Morgan fingerprint density at radius 3 is 0.600 bits per heavy atom. The second kappa shape index (κ2) is 12.1. The third-order valence-electron chi connectivity index (χ3n) is 8.11. The minimum Gasteiger partial charge on any atom is -0.250 e. The van der Waals surface area contributed by atoms with E-state index in [1.165, 1.54) is 0 Å². The van der Waals surface area contributed by atoms with Gasteiger partial charge in [0.05, 0.1) is 22.1 Å². The van der Waals surface area contributed by atoms with Gasteiger partial charge in [0.15, 0.2) is 0 Å². The van der Waals surface area contributed by atoms with Gasteiger partial charge in [0, 0.05) is 83.0 Å². The van der Waals surface area contributed by atoms with Crippen molar-refractivity contribution in [2.45, 2.75) is 105 Å². The van der Waals surface area contributed by atoms with E-state index in [9.17, 15) is 0 Å². The van der Waals surface area contributed by atoms with Crippen LogP contribution in [0, 0.1) is 0 Å². The van der Waals surface area contributed by atoms with Crippen LogP contribution in [0.2, 0.25) is 0 Å². The minimum absolute atomic E-state index is 0. The van der Waals surface area contributed by atoms with E-state index in [0.717, 1.165) is 66.4 Å². The Morgan fingerprint density at radius 1 is 0.289 bits per heavy atom. The van der Waals surface area contributed by atoms with E-state index >= 15 is 0 Å². The van der Waals surface area contributed by atoms with Gasteiger partial charge in [-0.15, -0.1) is 0 Å². The summed E-state index contributed by atoms with van der Waals surface area (Å²) in [7, 11) is 0. The fourth-order valence-electron chi connectivity index (χ4n) is 5.21.